The standard InChI is InChI=1S/C19H24N2O/c22-19(15-8-3-1-4-9-15)18(16-10-7-13-20-14-16)21-17-11-5-2-6-12-17/h1,3-4,7-10,13-14,17-19,21-22H,2,5-6,11-12H2/t18-,19+/m0/s1. The third kappa shape index (κ3) is 3.73. The number of nitrogens with zero attached hydrogens (tertiary/aromatic N) is 1. The fourth-order valence-corrected chi connectivity index (χ4v) is 3.30. The first kappa shape index (κ1) is 15.2. The molecule has 0 amide bonds. The van der Waals surface area contributed by atoms with Gasteiger partial charge in [-0.1, -0.05) is 55.7 Å². The normalized spacial score (nSPS) is 18.8. The van der Waals surface area contributed by atoms with E-state index < -0.39 is 6.10 Å². The van der Waals surface area contributed by atoms with E-state index in [9.17, 15) is 5.11 Å². The van der Waals surface area contributed by atoms with Crippen molar-refractivity contribution in [3.8, 4) is 0 Å². The molecular weight excluding hydrogens is 272 g/mol. The summed E-state index contributed by atoms with van der Waals surface area (Å²) >= 11 is 0. The lowest BCUT2D eigenvalue weighted by atomic mass is 9.91. The third-order valence-corrected chi connectivity index (χ3v) is 4.52. The molecule has 0 spiro atoms. The number of aliphatic hydroxyl groups is 1. The van der Waals surface area contributed by atoms with Crippen molar-refractivity contribution in [3.05, 3.63) is 66.0 Å². The number of benzene rings is 1. The number of hydrogen-bond donors (Lipinski definition) is 2. The molecule has 0 unspecified atom stereocenters. The Morgan fingerprint density at radius 3 is 2.36 bits per heavy atom. The Morgan fingerprint density at radius 2 is 1.68 bits per heavy atom. The highest BCUT2D eigenvalue weighted by molar-refractivity contribution is 5.24. The Kier molecular flexibility index (Phi) is 5.20. The fourth-order valence-electron chi connectivity index (χ4n) is 3.30. The molecule has 0 radical (unpaired) electrons. The first-order valence-corrected chi connectivity index (χ1v) is 8.23. The summed E-state index contributed by atoms with van der Waals surface area (Å²) in [4.78, 5) is 4.22. The van der Waals surface area contributed by atoms with Gasteiger partial charge in [0.2, 0.25) is 0 Å². The van der Waals surface area contributed by atoms with E-state index in [1.54, 1.807) is 6.20 Å². The maximum absolute atomic E-state index is 10.9. The molecule has 0 bridgehead atoms. The zero-order valence-corrected chi connectivity index (χ0v) is 12.9. The summed E-state index contributed by atoms with van der Waals surface area (Å²) in [5.74, 6) is 0. The predicted molar refractivity (Wildman–Crippen MR) is 88.4 cm³/mol. The van der Waals surface area contributed by atoms with Crippen LogP contribution in [0.25, 0.3) is 0 Å². The lowest BCUT2D eigenvalue weighted by Crippen LogP contribution is -2.37. The highest BCUT2D eigenvalue weighted by Gasteiger charge is 2.26. The van der Waals surface area contributed by atoms with E-state index in [1.807, 2.05) is 48.7 Å². The molecule has 1 heterocycles. The zero-order chi connectivity index (χ0) is 15.2. The number of aliphatic hydroxyl groups excluding tert-OH is 1. The van der Waals surface area contributed by atoms with Gasteiger partial charge >= 0.3 is 0 Å². The van der Waals surface area contributed by atoms with E-state index in [2.05, 4.69) is 10.3 Å². The zero-order valence-electron chi connectivity index (χ0n) is 12.9. The van der Waals surface area contributed by atoms with Crippen LogP contribution < -0.4 is 5.32 Å². The van der Waals surface area contributed by atoms with Gasteiger partial charge in [0.1, 0.15) is 0 Å². The minimum Gasteiger partial charge on any atom is -0.386 e. The lowest BCUT2D eigenvalue weighted by molar-refractivity contribution is 0.117. The minimum absolute atomic E-state index is 0.112. The van der Waals surface area contributed by atoms with Gasteiger partial charge in [-0.25, -0.2) is 0 Å². The maximum atomic E-state index is 10.9. The van der Waals surface area contributed by atoms with Gasteiger partial charge < -0.3 is 10.4 Å². The predicted octanol–water partition coefficient (Wildman–Crippen LogP) is 3.78. The summed E-state index contributed by atoms with van der Waals surface area (Å²) in [6, 6.07) is 14.2. The molecule has 116 valence electrons. The lowest BCUT2D eigenvalue weighted by Gasteiger charge is -2.31. The molecule has 1 aromatic carbocycles. The SMILES string of the molecule is O[C@H](c1ccccc1)[C@@H](NC1CCCCC1)c1cccnc1. The Labute approximate surface area is 132 Å². The topological polar surface area (TPSA) is 45.1 Å². The molecule has 1 aromatic heterocycles. The second-order valence-corrected chi connectivity index (χ2v) is 6.12. The largest absolute Gasteiger partial charge is 0.386 e. The molecular formula is C19H24N2O. The summed E-state index contributed by atoms with van der Waals surface area (Å²) in [7, 11) is 0. The van der Waals surface area contributed by atoms with Crippen molar-refractivity contribution < 1.29 is 5.11 Å². The van der Waals surface area contributed by atoms with Crippen LogP contribution >= 0.6 is 0 Å². The van der Waals surface area contributed by atoms with Crippen LogP contribution in [0.4, 0.5) is 0 Å². The van der Waals surface area contributed by atoms with Crippen LogP contribution in [0.15, 0.2) is 54.9 Å². The number of hydrogen-bond acceptors (Lipinski definition) is 3. The monoisotopic (exact) mass is 296 g/mol. The van der Waals surface area contributed by atoms with E-state index in [0.717, 1.165) is 11.1 Å². The average Bonchev–Trinajstić information content (AvgIpc) is 2.61. The Balaban J connectivity index is 1.82. The number of pyridine rings is 1. The number of aromatic nitrogens is 1. The molecule has 0 aliphatic heterocycles. The van der Waals surface area contributed by atoms with Gasteiger partial charge in [-0.15, -0.1) is 0 Å². The summed E-state index contributed by atoms with van der Waals surface area (Å²) in [5.41, 5.74) is 1.99. The average molecular weight is 296 g/mol. The Hall–Kier alpha value is -1.71. The molecule has 3 nitrogen and oxygen atoms in total. The van der Waals surface area contributed by atoms with E-state index >= 15 is 0 Å². The minimum atomic E-state index is -0.563. The van der Waals surface area contributed by atoms with Gasteiger partial charge in [0.25, 0.3) is 0 Å². The molecule has 2 atom stereocenters. The van der Waals surface area contributed by atoms with E-state index in [-0.39, 0.29) is 6.04 Å². The van der Waals surface area contributed by atoms with Crippen LogP contribution in [0, 0.1) is 0 Å². The van der Waals surface area contributed by atoms with Crippen molar-refractivity contribution in [3.63, 3.8) is 0 Å². The van der Waals surface area contributed by atoms with Gasteiger partial charge in [-0.3, -0.25) is 4.98 Å². The first-order chi connectivity index (χ1) is 10.8. The number of nitrogens with one attached hydrogen (secondary N) is 1. The highest BCUT2D eigenvalue weighted by atomic mass is 16.3. The summed E-state index contributed by atoms with van der Waals surface area (Å²) in [6.45, 7) is 0. The molecule has 3 heteroatoms. The van der Waals surface area contributed by atoms with E-state index in [0.29, 0.717) is 6.04 Å². The molecule has 0 saturated heterocycles. The van der Waals surface area contributed by atoms with Crippen molar-refractivity contribution in [2.24, 2.45) is 0 Å². The van der Waals surface area contributed by atoms with Crippen molar-refractivity contribution >= 4 is 0 Å². The number of rotatable bonds is 5. The van der Waals surface area contributed by atoms with Crippen LogP contribution in [-0.4, -0.2) is 16.1 Å². The second-order valence-electron chi connectivity index (χ2n) is 6.12. The van der Waals surface area contributed by atoms with E-state index in [1.165, 1.54) is 32.1 Å². The van der Waals surface area contributed by atoms with Gasteiger partial charge in [-0.05, 0) is 30.0 Å². The first-order valence-electron chi connectivity index (χ1n) is 8.23. The molecule has 1 saturated carbocycles. The highest BCUT2D eigenvalue weighted by Crippen LogP contribution is 2.30. The van der Waals surface area contributed by atoms with Crippen LogP contribution in [0.3, 0.4) is 0 Å². The van der Waals surface area contributed by atoms with Gasteiger partial charge in [0.15, 0.2) is 0 Å². The van der Waals surface area contributed by atoms with Crippen LogP contribution in [0.1, 0.15) is 55.4 Å². The summed E-state index contributed by atoms with van der Waals surface area (Å²) in [6.07, 6.45) is 9.33. The van der Waals surface area contributed by atoms with Gasteiger partial charge in [0.05, 0.1) is 12.1 Å². The van der Waals surface area contributed by atoms with Crippen LogP contribution in [-0.2, 0) is 0 Å². The Morgan fingerprint density at radius 1 is 0.955 bits per heavy atom. The molecule has 3 rings (SSSR count). The maximum Gasteiger partial charge on any atom is 0.0985 e. The quantitative estimate of drug-likeness (QED) is 0.882. The van der Waals surface area contributed by atoms with Gasteiger partial charge in [0, 0.05) is 18.4 Å². The van der Waals surface area contributed by atoms with Crippen molar-refractivity contribution in [2.45, 2.75) is 50.3 Å². The molecule has 1 aliphatic rings. The fraction of sp³-hybridized carbons (Fsp3) is 0.421. The van der Waals surface area contributed by atoms with Crippen molar-refractivity contribution in [1.29, 1.82) is 0 Å². The molecule has 2 aromatic rings. The van der Waals surface area contributed by atoms with Gasteiger partial charge in [-0.2, -0.15) is 0 Å². The second kappa shape index (κ2) is 7.52. The van der Waals surface area contributed by atoms with Crippen LogP contribution in [0.5, 0.6) is 0 Å². The van der Waals surface area contributed by atoms with Crippen molar-refractivity contribution in [2.75, 3.05) is 0 Å². The summed E-state index contributed by atoms with van der Waals surface area (Å²) in [5, 5.41) is 14.6. The smallest absolute Gasteiger partial charge is 0.0985 e. The molecule has 22 heavy (non-hydrogen) atoms. The summed E-state index contributed by atoms with van der Waals surface area (Å²) < 4.78 is 0. The third-order valence-electron chi connectivity index (χ3n) is 4.52. The Bertz CT molecular complexity index is 552. The van der Waals surface area contributed by atoms with Crippen molar-refractivity contribution in [1.82, 2.24) is 10.3 Å². The van der Waals surface area contributed by atoms with Crippen LogP contribution in [0.2, 0.25) is 0 Å². The van der Waals surface area contributed by atoms with E-state index in [4.69, 9.17) is 0 Å². The molecule has 1 fully saturated rings. The molecule has 2 N–H and O–H groups in total. The molecule has 1 aliphatic carbocycles.